The molecule has 0 aromatic rings. The smallest absolute Gasteiger partial charge is 0.143 e. The van der Waals surface area contributed by atoms with Crippen molar-refractivity contribution in [3.8, 4) is 0 Å². The van der Waals surface area contributed by atoms with Gasteiger partial charge in [-0.2, -0.15) is 11.8 Å². The van der Waals surface area contributed by atoms with E-state index in [4.69, 9.17) is 14.9 Å². The average molecular weight is 343 g/mol. The van der Waals surface area contributed by atoms with E-state index in [2.05, 4.69) is 19.4 Å². The average Bonchev–Trinajstić information content (AvgIpc) is 2.89. The maximum Gasteiger partial charge on any atom is 0.143 e. The fraction of sp³-hybridized carbons (Fsp3) is 0.714. The Kier molecular flexibility index (Phi) is 31.0. The van der Waals surface area contributed by atoms with Gasteiger partial charge in [-0.25, -0.2) is 0 Å². The monoisotopic (exact) mass is 342 g/mol. The molecule has 1 saturated heterocycles. The highest BCUT2D eigenvalue weighted by Crippen LogP contribution is 2.39. The van der Waals surface area contributed by atoms with Crippen molar-refractivity contribution in [3.05, 3.63) is 25.3 Å². The van der Waals surface area contributed by atoms with Crippen LogP contribution in [0.5, 0.6) is 0 Å². The molecule has 20 heavy (non-hydrogen) atoms. The molecule has 2 atom stereocenters. The summed E-state index contributed by atoms with van der Waals surface area (Å²) >= 11 is 5.88. The lowest BCUT2D eigenvalue weighted by molar-refractivity contribution is 0.00112. The molecule has 1 fully saturated rings. The Morgan fingerprint density at radius 2 is 1.80 bits per heavy atom. The molecule has 0 saturated carbocycles. The summed E-state index contributed by atoms with van der Waals surface area (Å²) in [4.78, 5) is 0. The molecule has 1 aliphatic heterocycles. The van der Waals surface area contributed by atoms with E-state index in [-0.39, 0.29) is 6.79 Å². The Bertz CT molecular complexity index is 187. The van der Waals surface area contributed by atoms with Gasteiger partial charge in [0.05, 0.1) is 11.2 Å². The van der Waals surface area contributed by atoms with E-state index in [1.54, 1.807) is 12.2 Å². The number of allylic oxidation sites excluding steroid dienone is 2. The van der Waals surface area contributed by atoms with Gasteiger partial charge in [0.15, 0.2) is 0 Å². The maximum atomic E-state index is 8.45. The highest BCUT2D eigenvalue weighted by atomic mass is 32.2. The van der Waals surface area contributed by atoms with Crippen LogP contribution in [0.1, 0.15) is 13.8 Å². The van der Waals surface area contributed by atoms with E-state index >= 15 is 0 Å². The molecule has 2 unspecified atom stereocenters. The third-order valence-electron chi connectivity index (χ3n) is 1.51. The molecule has 0 bridgehead atoms. The van der Waals surface area contributed by atoms with Crippen LogP contribution in [0.25, 0.3) is 0 Å². The molecule has 1 rings (SSSR count). The summed E-state index contributed by atoms with van der Waals surface area (Å²) in [6.45, 7) is 11.0. The number of rotatable bonds is 5. The summed E-state index contributed by atoms with van der Waals surface area (Å²) in [5.41, 5.74) is 0. The summed E-state index contributed by atoms with van der Waals surface area (Å²) in [7, 11) is 1.00. The standard InChI is InChI=1S/C7H14O2S3.2C3H6.CH4O/c1-10-4-7-11-3-6(12-7)2-9-5-8;2*1-3-2;1-2/h6-8H,2-5H2,1H3;2*3H,1H2,2H3;2H,1H3. The van der Waals surface area contributed by atoms with Crippen LogP contribution in [0.3, 0.4) is 0 Å². The summed E-state index contributed by atoms with van der Waals surface area (Å²) in [5.74, 6) is 2.38. The summed E-state index contributed by atoms with van der Waals surface area (Å²) in [5, 5.41) is 16.0. The molecule has 6 heteroatoms. The van der Waals surface area contributed by atoms with Crippen molar-refractivity contribution in [1.82, 2.24) is 0 Å². The summed E-state index contributed by atoms with van der Waals surface area (Å²) < 4.78 is 5.69. The molecule has 3 nitrogen and oxygen atoms in total. The number of hydrogen-bond donors (Lipinski definition) is 2. The van der Waals surface area contributed by atoms with Gasteiger partial charge in [0.2, 0.25) is 0 Å². The minimum absolute atomic E-state index is 0.144. The first-order valence-corrected chi connectivity index (χ1v) is 9.61. The topological polar surface area (TPSA) is 49.7 Å². The second kappa shape index (κ2) is 24.4. The van der Waals surface area contributed by atoms with Crippen molar-refractivity contribution in [2.24, 2.45) is 0 Å². The van der Waals surface area contributed by atoms with Crippen LogP contribution in [0.4, 0.5) is 0 Å². The van der Waals surface area contributed by atoms with Gasteiger partial charge >= 0.3 is 0 Å². The number of aliphatic hydroxyl groups is 2. The fourth-order valence-electron chi connectivity index (χ4n) is 1.00. The SMILES string of the molecule is C=CC.C=CC.CO.CSCC1SCC(COCO)S1. The zero-order valence-electron chi connectivity index (χ0n) is 13.1. The van der Waals surface area contributed by atoms with E-state index in [1.807, 2.05) is 49.1 Å². The van der Waals surface area contributed by atoms with Gasteiger partial charge < -0.3 is 14.9 Å². The first-order valence-electron chi connectivity index (χ1n) is 6.23. The van der Waals surface area contributed by atoms with Crippen molar-refractivity contribution >= 4 is 35.3 Å². The first-order chi connectivity index (χ1) is 9.69. The lowest BCUT2D eigenvalue weighted by Crippen LogP contribution is -2.12. The van der Waals surface area contributed by atoms with Crippen molar-refractivity contribution in [2.45, 2.75) is 23.7 Å². The van der Waals surface area contributed by atoms with Gasteiger partial charge in [0.1, 0.15) is 6.79 Å². The quantitative estimate of drug-likeness (QED) is 0.589. The lowest BCUT2D eigenvalue weighted by atomic mass is 10.5. The number of aliphatic hydroxyl groups excluding tert-OH is 2. The third-order valence-corrected chi connectivity index (χ3v) is 5.84. The zero-order chi connectivity index (χ0) is 16.2. The molecule has 122 valence electrons. The molecule has 0 spiro atoms. The molecular weight excluding hydrogens is 312 g/mol. The molecule has 2 N–H and O–H groups in total. The van der Waals surface area contributed by atoms with E-state index in [0.29, 0.717) is 11.9 Å². The van der Waals surface area contributed by atoms with Crippen LogP contribution in [0, 0.1) is 0 Å². The molecular formula is C14H30O3S3. The predicted octanol–water partition coefficient (Wildman–Crippen LogP) is 3.48. The molecule has 0 amide bonds. The second-order valence-electron chi connectivity index (χ2n) is 3.29. The third kappa shape index (κ3) is 20.7. The Morgan fingerprint density at radius 1 is 1.30 bits per heavy atom. The van der Waals surface area contributed by atoms with Crippen LogP contribution in [-0.4, -0.2) is 58.3 Å². The molecule has 0 aliphatic carbocycles. The number of ether oxygens (including phenoxy) is 1. The van der Waals surface area contributed by atoms with Gasteiger partial charge in [0.25, 0.3) is 0 Å². The molecule has 1 heterocycles. The predicted molar refractivity (Wildman–Crippen MR) is 98.9 cm³/mol. The van der Waals surface area contributed by atoms with Gasteiger partial charge in [-0.3, -0.25) is 0 Å². The Hall–Kier alpha value is 0.410. The van der Waals surface area contributed by atoms with Crippen LogP contribution in [-0.2, 0) is 4.74 Å². The van der Waals surface area contributed by atoms with Crippen molar-refractivity contribution in [1.29, 1.82) is 0 Å². The normalized spacial score (nSPS) is 19.3. The van der Waals surface area contributed by atoms with E-state index in [1.165, 1.54) is 5.75 Å². The van der Waals surface area contributed by atoms with Crippen molar-refractivity contribution in [2.75, 3.05) is 38.3 Å². The van der Waals surface area contributed by atoms with Crippen molar-refractivity contribution in [3.63, 3.8) is 0 Å². The van der Waals surface area contributed by atoms with E-state index in [0.717, 1.165) is 17.4 Å². The Morgan fingerprint density at radius 3 is 2.20 bits per heavy atom. The van der Waals surface area contributed by atoms with Crippen LogP contribution >= 0.6 is 35.3 Å². The molecule has 0 aromatic heterocycles. The minimum Gasteiger partial charge on any atom is -0.400 e. The Labute approximate surface area is 137 Å². The number of hydrogen-bond acceptors (Lipinski definition) is 6. The highest BCUT2D eigenvalue weighted by molar-refractivity contribution is 8.21. The minimum atomic E-state index is -0.144. The maximum absolute atomic E-state index is 8.45. The van der Waals surface area contributed by atoms with E-state index in [9.17, 15) is 0 Å². The van der Waals surface area contributed by atoms with Crippen molar-refractivity contribution < 1.29 is 14.9 Å². The van der Waals surface area contributed by atoms with Crippen LogP contribution in [0.15, 0.2) is 25.3 Å². The summed E-state index contributed by atoms with van der Waals surface area (Å²) in [6, 6.07) is 0. The summed E-state index contributed by atoms with van der Waals surface area (Å²) in [6.07, 6.45) is 5.64. The van der Waals surface area contributed by atoms with Crippen LogP contribution in [0.2, 0.25) is 0 Å². The van der Waals surface area contributed by atoms with Gasteiger partial charge in [-0.15, -0.1) is 36.7 Å². The van der Waals surface area contributed by atoms with Gasteiger partial charge in [-0.1, -0.05) is 12.2 Å². The molecule has 0 radical (unpaired) electrons. The van der Waals surface area contributed by atoms with Gasteiger partial charge in [-0.05, 0) is 20.1 Å². The second-order valence-corrected chi connectivity index (χ2v) is 7.25. The van der Waals surface area contributed by atoms with Gasteiger partial charge in [0, 0.05) is 23.9 Å². The Balaban J connectivity index is -0.000000304. The fourth-order valence-corrected chi connectivity index (χ4v) is 5.49. The highest BCUT2D eigenvalue weighted by Gasteiger charge is 2.25. The van der Waals surface area contributed by atoms with Crippen LogP contribution < -0.4 is 0 Å². The van der Waals surface area contributed by atoms with E-state index < -0.39 is 0 Å². The number of thioether (sulfide) groups is 3. The first kappa shape index (κ1) is 25.4. The molecule has 0 aromatic carbocycles. The lowest BCUT2D eigenvalue weighted by Gasteiger charge is -2.08. The zero-order valence-corrected chi connectivity index (χ0v) is 15.5. The molecule has 1 aliphatic rings. The largest absolute Gasteiger partial charge is 0.400 e.